The molecule has 32 heavy (non-hydrogen) atoms. The highest BCUT2D eigenvalue weighted by molar-refractivity contribution is 7.98. The van der Waals surface area contributed by atoms with Crippen LogP contribution in [0.5, 0.6) is 5.75 Å². The summed E-state index contributed by atoms with van der Waals surface area (Å²) in [5, 5.41) is 14.3. The minimum Gasteiger partial charge on any atom is -0.494 e. The molecular weight excluding hydrogens is 449 g/mol. The maximum Gasteiger partial charge on any atom is 0.223 e. The van der Waals surface area contributed by atoms with Gasteiger partial charge in [-0.1, -0.05) is 23.9 Å². The van der Waals surface area contributed by atoms with Gasteiger partial charge < -0.3 is 10.1 Å². The van der Waals surface area contributed by atoms with Gasteiger partial charge >= 0.3 is 0 Å². The molecule has 0 unspecified atom stereocenters. The number of rotatable bonds is 8. The number of nitrogens with one attached hydrogen (secondary N) is 1. The van der Waals surface area contributed by atoms with Gasteiger partial charge in [0, 0.05) is 23.6 Å². The molecule has 164 valence electrons. The van der Waals surface area contributed by atoms with E-state index in [1.807, 2.05) is 36.6 Å². The molecule has 2 aromatic heterocycles. The van der Waals surface area contributed by atoms with Crippen LogP contribution in [0.4, 0.5) is 9.52 Å². The minimum absolute atomic E-state index is 0.169. The van der Waals surface area contributed by atoms with Crippen LogP contribution in [-0.4, -0.2) is 32.3 Å². The maximum absolute atomic E-state index is 14.7. The monoisotopic (exact) mass is 469 g/mol. The number of hydrogen-bond acceptors (Lipinski definition) is 7. The van der Waals surface area contributed by atoms with Gasteiger partial charge in [0.25, 0.3) is 0 Å². The molecule has 2 aromatic carbocycles. The highest BCUT2D eigenvalue weighted by atomic mass is 32.2. The first-order valence-corrected chi connectivity index (χ1v) is 11.7. The Morgan fingerprint density at radius 1 is 1.19 bits per heavy atom. The third kappa shape index (κ3) is 4.97. The van der Waals surface area contributed by atoms with E-state index in [-0.39, 0.29) is 11.7 Å². The minimum atomic E-state index is -0.372. The summed E-state index contributed by atoms with van der Waals surface area (Å²) in [4.78, 5) is 15.6. The molecule has 0 fully saturated rings. The molecule has 1 N–H and O–H groups in total. The van der Waals surface area contributed by atoms with Crippen LogP contribution in [0.1, 0.15) is 19.5 Å². The topological polar surface area (TPSA) is 81.9 Å². The Balaban J connectivity index is 1.66. The van der Waals surface area contributed by atoms with Gasteiger partial charge in [-0.15, -0.1) is 21.5 Å². The Kier molecular flexibility index (Phi) is 6.81. The maximum atomic E-state index is 14.7. The molecule has 0 saturated carbocycles. The first-order chi connectivity index (χ1) is 15.5. The summed E-state index contributed by atoms with van der Waals surface area (Å²) in [6.07, 6.45) is 0. The van der Waals surface area contributed by atoms with Gasteiger partial charge in [0.2, 0.25) is 5.91 Å². The Bertz CT molecular complexity index is 1220. The third-order valence-electron chi connectivity index (χ3n) is 4.33. The predicted molar refractivity (Wildman–Crippen MR) is 124 cm³/mol. The molecule has 7 nitrogen and oxygen atoms in total. The number of anilines is 1. The number of ether oxygens (including phenoxy) is 1. The molecule has 1 amide bonds. The number of amides is 1. The van der Waals surface area contributed by atoms with Gasteiger partial charge in [-0.25, -0.2) is 9.37 Å². The molecular formula is C22H20FN5O2S2. The molecule has 2 heterocycles. The van der Waals surface area contributed by atoms with E-state index in [1.165, 1.54) is 36.1 Å². The summed E-state index contributed by atoms with van der Waals surface area (Å²) in [5.74, 6) is 1.23. The molecule has 0 atom stereocenters. The van der Waals surface area contributed by atoms with E-state index in [4.69, 9.17) is 4.74 Å². The molecule has 0 saturated heterocycles. The Labute approximate surface area is 192 Å². The highest BCUT2D eigenvalue weighted by Gasteiger charge is 2.19. The van der Waals surface area contributed by atoms with Crippen molar-refractivity contribution in [1.82, 2.24) is 19.7 Å². The lowest BCUT2D eigenvalue weighted by Gasteiger charge is -2.11. The van der Waals surface area contributed by atoms with Crippen LogP contribution in [0.2, 0.25) is 0 Å². The first-order valence-electron chi connectivity index (χ1n) is 9.83. The zero-order valence-corrected chi connectivity index (χ0v) is 19.0. The SMILES string of the molecule is CCOc1ccc(-c2nnc(SCc3csc(NC(C)=O)n3)n2-c2ccccc2F)cc1. The van der Waals surface area contributed by atoms with Crippen molar-refractivity contribution in [3.05, 3.63) is 65.4 Å². The fraction of sp³-hybridized carbons (Fsp3) is 0.182. The zero-order chi connectivity index (χ0) is 22.5. The Hall–Kier alpha value is -3.24. The van der Waals surface area contributed by atoms with E-state index >= 15 is 0 Å². The summed E-state index contributed by atoms with van der Waals surface area (Å²) in [6.45, 7) is 3.94. The molecule has 0 aliphatic rings. The fourth-order valence-corrected chi connectivity index (χ4v) is 4.69. The van der Waals surface area contributed by atoms with E-state index in [2.05, 4.69) is 20.5 Å². The molecule has 0 bridgehead atoms. The van der Waals surface area contributed by atoms with Gasteiger partial charge in [-0.3, -0.25) is 9.36 Å². The van der Waals surface area contributed by atoms with Crippen LogP contribution in [0, 0.1) is 5.82 Å². The second kappa shape index (κ2) is 9.92. The zero-order valence-electron chi connectivity index (χ0n) is 17.4. The third-order valence-corrected chi connectivity index (χ3v) is 6.10. The van der Waals surface area contributed by atoms with Crippen LogP contribution < -0.4 is 10.1 Å². The summed E-state index contributed by atoms with van der Waals surface area (Å²) >= 11 is 2.74. The van der Waals surface area contributed by atoms with Crippen molar-refractivity contribution in [3.8, 4) is 22.8 Å². The van der Waals surface area contributed by atoms with E-state index in [0.29, 0.717) is 34.2 Å². The van der Waals surface area contributed by atoms with Crippen molar-refractivity contribution < 1.29 is 13.9 Å². The van der Waals surface area contributed by atoms with E-state index in [1.54, 1.807) is 22.8 Å². The number of carbonyl (C=O) groups excluding carboxylic acids is 1. The fourth-order valence-electron chi connectivity index (χ4n) is 2.99. The molecule has 0 radical (unpaired) electrons. The van der Waals surface area contributed by atoms with Gasteiger partial charge in [0.15, 0.2) is 16.1 Å². The average Bonchev–Trinajstić information content (AvgIpc) is 3.40. The van der Waals surface area contributed by atoms with Gasteiger partial charge in [-0.05, 0) is 43.3 Å². The Morgan fingerprint density at radius 2 is 1.97 bits per heavy atom. The number of nitrogens with zero attached hydrogens (tertiary/aromatic N) is 4. The normalized spacial score (nSPS) is 10.8. The second-order valence-corrected chi connectivity index (χ2v) is 8.46. The van der Waals surface area contributed by atoms with Crippen molar-refractivity contribution in [2.75, 3.05) is 11.9 Å². The molecule has 0 spiro atoms. The standard InChI is InChI=1S/C22H20FN5O2S2/c1-3-30-17-10-8-15(9-11-17)20-26-27-22(28(20)19-7-5-4-6-18(19)23)32-13-16-12-31-21(25-16)24-14(2)29/h4-12H,3,13H2,1-2H3,(H,24,25,29). The van der Waals surface area contributed by atoms with E-state index in [0.717, 1.165) is 17.0 Å². The number of thioether (sulfide) groups is 1. The van der Waals surface area contributed by atoms with Crippen molar-refractivity contribution in [2.24, 2.45) is 0 Å². The number of thiazole rings is 1. The number of para-hydroxylation sites is 1. The molecule has 10 heteroatoms. The average molecular weight is 470 g/mol. The van der Waals surface area contributed by atoms with Crippen LogP contribution in [-0.2, 0) is 10.5 Å². The molecule has 4 aromatic rings. The molecule has 0 aliphatic heterocycles. The van der Waals surface area contributed by atoms with E-state index < -0.39 is 0 Å². The number of benzene rings is 2. The summed E-state index contributed by atoms with van der Waals surface area (Å²) < 4.78 is 21.9. The lowest BCUT2D eigenvalue weighted by atomic mass is 10.2. The highest BCUT2D eigenvalue weighted by Crippen LogP contribution is 2.32. The molecule has 0 aliphatic carbocycles. The summed E-state index contributed by atoms with van der Waals surface area (Å²) in [6, 6.07) is 14.0. The Morgan fingerprint density at radius 3 is 2.69 bits per heavy atom. The van der Waals surface area contributed by atoms with Crippen LogP contribution in [0.25, 0.3) is 17.1 Å². The van der Waals surface area contributed by atoms with E-state index in [9.17, 15) is 9.18 Å². The van der Waals surface area contributed by atoms with Gasteiger partial charge in [-0.2, -0.15) is 0 Å². The largest absolute Gasteiger partial charge is 0.494 e. The number of carbonyl (C=O) groups is 1. The predicted octanol–water partition coefficient (Wildman–Crippen LogP) is 5.18. The van der Waals surface area contributed by atoms with Crippen LogP contribution >= 0.6 is 23.1 Å². The van der Waals surface area contributed by atoms with Gasteiger partial charge in [0.05, 0.1) is 18.0 Å². The number of hydrogen-bond donors (Lipinski definition) is 1. The van der Waals surface area contributed by atoms with Crippen molar-refractivity contribution >= 4 is 34.1 Å². The van der Waals surface area contributed by atoms with Crippen LogP contribution in [0.15, 0.2) is 59.1 Å². The lowest BCUT2D eigenvalue weighted by Crippen LogP contribution is -2.05. The van der Waals surface area contributed by atoms with Crippen molar-refractivity contribution in [1.29, 1.82) is 0 Å². The summed E-state index contributed by atoms with van der Waals surface area (Å²) in [7, 11) is 0. The second-order valence-electron chi connectivity index (χ2n) is 6.66. The smallest absolute Gasteiger partial charge is 0.223 e. The quantitative estimate of drug-likeness (QED) is 0.358. The molecule has 4 rings (SSSR count). The van der Waals surface area contributed by atoms with Crippen molar-refractivity contribution in [2.45, 2.75) is 24.8 Å². The number of aromatic nitrogens is 4. The van der Waals surface area contributed by atoms with Gasteiger partial charge in [0.1, 0.15) is 11.6 Å². The summed E-state index contributed by atoms with van der Waals surface area (Å²) in [5.41, 5.74) is 1.94. The van der Waals surface area contributed by atoms with Crippen molar-refractivity contribution in [3.63, 3.8) is 0 Å². The van der Waals surface area contributed by atoms with Crippen LogP contribution in [0.3, 0.4) is 0 Å². The lowest BCUT2D eigenvalue weighted by molar-refractivity contribution is -0.114. The first kappa shape index (κ1) is 22.0. The number of halogens is 1.